The summed E-state index contributed by atoms with van der Waals surface area (Å²) >= 11 is 0. The number of fused-ring (bicyclic) bond motifs is 1. The number of hydrogen-bond acceptors (Lipinski definition) is 0. The molecule has 0 aliphatic rings. The van der Waals surface area contributed by atoms with Crippen molar-refractivity contribution in [3.05, 3.63) is 60.3 Å². The summed E-state index contributed by atoms with van der Waals surface area (Å²) in [7, 11) is 0. The quantitative estimate of drug-likeness (QED) is 0.617. The van der Waals surface area contributed by atoms with E-state index in [0.717, 1.165) is 0 Å². The van der Waals surface area contributed by atoms with Crippen molar-refractivity contribution in [2.45, 2.75) is 6.92 Å². The van der Waals surface area contributed by atoms with Gasteiger partial charge < -0.3 is 4.98 Å². The van der Waals surface area contributed by atoms with Gasteiger partial charge in [0.15, 0.2) is 0 Å². The first kappa shape index (κ1) is 9.22. The molecule has 1 nitrogen and oxygen atoms in total. The Kier molecular flexibility index (Phi) is 2.03. The van der Waals surface area contributed by atoms with E-state index in [0.29, 0.717) is 0 Å². The second-order valence-corrected chi connectivity index (χ2v) is 4.15. The van der Waals surface area contributed by atoms with Gasteiger partial charge in [0.05, 0.1) is 0 Å². The van der Waals surface area contributed by atoms with Crippen LogP contribution < -0.4 is 0 Å². The highest BCUT2D eigenvalue weighted by Crippen LogP contribution is 2.23. The number of nitrogens with one attached hydrogen (secondary N) is 1. The molecule has 0 aliphatic heterocycles. The molecule has 0 bridgehead atoms. The molecular formula is C15H13N. The summed E-state index contributed by atoms with van der Waals surface area (Å²) in [4.78, 5) is 3.24. The number of aryl methyl sites for hydroxylation is 1. The third kappa shape index (κ3) is 1.50. The van der Waals surface area contributed by atoms with Crippen LogP contribution in [-0.2, 0) is 0 Å². The molecule has 0 atom stereocenters. The topological polar surface area (TPSA) is 15.8 Å². The van der Waals surface area contributed by atoms with Crippen LogP contribution >= 0.6 is 0 Å². The summed E-state index contributed by atoms with van der Waals surface area (Å²) in [5, 5.41) is 1.26. The molecule has 1 heterocycles. The van der Waals surface area contributed by atoms with Gasteiger partial charge in [-0.2, -0.15) is 0 Å². The largest absolute Gasteiger partial charge is 0.361 e. The van der Waals surface area contributed by atoms with E-state index in [4.69, 9.17) is 0 Å². The monoisotopic (exact) mass is 207 g/mol. The maximum Gasteiger partial charge on any atom is 0.0460 e. The standard InChI is InChI=1S/C15H13N/c1-11-2-4-12(5-3-11)14-7-6-13-8-9-16-15(13)10-14/h2-10,16H,1H3. The van der Waals surface area contributed by atoms with Gasteiger partial charge in [0, 0.05) is 11.7 Å². The van der Waals surface area contributed by atoms with Crippen LogP contribution in [-0.4, -0.2) is 4.98 Å². The number of benzene rings is 2. The molecule has 1 N–H and O–H groups in total. The number of rotatable bonds is 1. The van der Waals surface area contributed by atoms with Crippen LogP contribution in [0.15, 0.2) is 54.7 Å². The molecule has 3 aromatic rings. The Morgan fingerprint density at radius 2 is 1.56 bits per heavy atom. The van der Waals surface area contributed by atoms with E-state index < -0.39 is 0 Å². The Morgan fingerprint density at radius 1 is 0.812 bits per heavy atom. The summed E-state index contributed by atoms with van der Waals surface area (Å²) in [5.74, 6) is 0. The first-order valence-corrected chi connectivity index (χ1v) is 5.47. The minimum Gasteiger partial charge on any atom is -0.361 e. The number of H-pyrrole nitrogens is 1. The van der Waals surface area contributed by atoms with E-state index in [1.54, 1.807) is 0 Å². The Hall–Kier alpha value is -2.02. The highest BCUT2D eigenvalue weighted by atomic mass is 14.7. The zero-order valence-electron chi connectivity index (χ0n) is 9.20. The average molecular weight is 207 g/mol. The highest BCUT2D eigenvalue weighted by Gasteiger charge is 1.99. The van der Waals surface area contributed by atoms with Gasteiger partial charge >= 0.3 is 0 Å². The van der Waals surface area contributed by atoms with Crippen LogP contribution in [0, 0.1) is 6.92 Å². The van der Waals surface area contributed by atoms with E-state index in [-0.39, 0.29) is 0 Å². The lowest BCUT2D eigenvalue weighted by atomic mass is 10.0. The third-order valence-electron chi connectivity index (χ3n) is 2.94. The van der Waals surface area contributed by atoms with Crippen molar-refractivity contribution < 1.29 is 0 Å². The van der Waals surface area contributed by atoms with E-state index >= 15 is 0 Å². The van der Waals surface area contributed by atoms with Crippen molar-refractivity contribution in [1.29, 1.82) is 0 Å². The predicted molar refractivity (Wildman–Crippen MR) is 68.5 cm³/mol. The van der Waals surface area contributed by atoms with Crippen molar-refractivity contribution in [3.63, 3.8) is 0 Å². The molecule has 2 aromatic carbocycles. The van der Waals surface area contributed by atoms with Crippen LogP contribution in [0.5, 0.6) is 0 Å². The maximum absolute atomic E-state index is 3.24. The van der Waals surface area contributed by atoms with Gasteiger partial charge in [-0.05, 0) is 35.6 Å². The zero-order chi connectivity index (χ0) is 11.0. The van der Waals surface area contributed by atoms with Gasteiger partial charge in [-0.3, -0.25) is 0 Å². The molecule has 1 heteroatoms. The van der Waals surface area contributed by atoms with Crippen molar-refractivity contribution in [3.8, 4) is 11.1 Å². The van der Waals surface area contributed by atoms with Crippen LogP contribution in [0.4, 0.5) is 0 Å². The minimum atomic E-state index is 1.19. The molecule has 0 fully saturated rings. The van der Waals surface area contributed by atoms with E-state index in [9.17, 15) is 0 Å². The Labute approximate surface area is 94.7 Å². The second-order valence-electron chi connectivity index (χ2n) is 4.15. The molecule has 3 rings (SSSR count). The van der Waals surface area contributed by atoms with Gasteiger partial charge in [-0.25, -0.2) is 0 Å². The molecule has 0 amide bonds. The van der Waals surface area contributed by atoms with Gasteiger partial charge in [0.2, 0.25) is 0 Å². The Morgan fingerprint density at radius 3 is 2.38 bits per heavy atom. The lowest BCUT2D eigenvalue weighted by Gasteiger charge is -2.02. The summed E-state index contributed by atoms with van der Waals surface area (Å²) in [6, 6.07) is 17.2. The first-order chi connectivity index (χ1) is 7.83. The molecule has 0 unspecified atom stereocenters. The first-order valence-electron chi connectivity index (χ1n) is 5.47. The third-order valence-corrected chi connectivity index (χ3v) is 2.94. The fraction of sp³-hybridized carbons (Fsp3) is 0.0667. The minimum absolute atomic E-state index is 1.19. The van der Waals surface area contributed by atoms with Crippen molar-refractivity contribution in [2.75, 3.05) is 0 Å². The van der Waals surface area contributed by atoms with Crippen LogP contribution in [0.25, 0.3) is 22.0 Å². The van der Waals surface area contributed by atoms with Gasteiger partial charge in [0.25, 0.3) is 0 Å². The Balaban J connectivity index is 2.14. The lowest BCUT2D eigenvalue weighted by Crippen LogP contribution is -1.78. The average Bonchev–Trinajstić information content (AvgIpc) is 2.77. The molecule has 16 heavy (non-hydrogen) atoms. The van der Waals surface area contributed by atoms with Crippen LogP contribution in [0.1, 0.15) is 5.56 Å². The van der Waals surface area contributed by atoms with Crippen LogP contribution in [0.3, 0.4) is 0 Å². The van der Waals surface area contributed by atoms with Crippen molar-refractivity contribution in [2.24, 2.45) is 0 Å². The van der Waals surface area contributed by atoms with E-state index in [2.05, 4.69) is 60.4 Å². The number of aromatic nitrogens is 1. The molecule has 1 aromatic heterocycles. The van der Waals surface area contributed by atoms with E-state index in [1.807, 2.05) is 6.20 Å². The summed E-state index contributed by atoms with van der Waals surface area (Å²) < 4.78 is 0. The van der Waals surface area contributed by atoms with Crippen LogP contribution in [0.2, 0.25) is 0 Å². The fourth-order valence-electron chi connectivity index (χ4n) is 1.97. The predicted octanol–water partition coefficient (Wildman–Crippen LogP) is 4.14. The van der Waals surface area contributed by atoms with E-state index in [1.165, 1.54) is 27.6 Å². The van der Waals surface area contributed by atoms with Gasteiger partial charge in [-0.15, -0.1) is 0 Å². The second kappa shape index (κ2) is 3.53. The molecule has 78 valence electrons. The molecule has 0 radical (unpaired) electrons. The molecule has 0 saturated heterocycles. The molecule has 0 spiro atoms. The summed E-state index contributed by atoms with van der Waals surface area (Å²) in [6.45, 7) is 2.11. The summed E-state index contributed by atoms with van der Waals surface area (Å²) in [6.07, 6.45) is 1.98. The highest BCUT2D eigenvalue weighted by molar-refractivity contribution is 5.84. The SMILES string of the molecule is Cc1ccc(-c2ccc3cc[nH]c3c2)cc1. The summed E-state index contributed by atoms with van der Waals surface area (Å²) in [5.41, 5.74) is 5.01. The normalized spacial score (nSPS) is 10.8. The smallest absolute Gasteiger partial charge is 0.0460 e. The maximum atomic E-state index is 3.24. The van der Waals surface area contributed by atoms with Gasteiger partial charge in [-0.1, -0.05) is 42.0 Å². The zero-order valence-corrected chi connectivity index (χ0v) is 9.20. The molecule has 0 aliphatic carbocycles. The van der Waals surface area contributed by atoms with Crippen molar-refractivity contribution in [1.82, 2.24) is 4.98 Å². The Bertz CT molecular complexity index is 617. The fourth-order valence-corrected chi connectivity index (χ4v) is 1.97. The van der Waals surface area contributed by atoms with Crippen molar-refractivity contribution >= 4 is 10.9 Å². The molecular weight excluding hydrogens is 194 g/mol. The molecule has 0 saturated carbocycles. The number of hydrogen-bond donors (Lipinski definition) is 1. The number of aromatic amines is 1. The lowest BCUT2D eigenvalue weighted by molar-refractivity contribution is 1.46. The van der Waals surface area contributed by atoms with Gasteiger partial charge in [0.1, 0.15) is 0 Å².